The van der Waals surface area contributed by atoms with Crippen LogP contribution in [0.3, 0.4) is 0 Å². The molecule has 1 unspecified atom stereocenters. The first-order chi connectivity index (χ1) is 15.9. The highest BCUT2D eigenvalue weighted by molar-refractivity contribution is 7.91. The molecule has 1 N–H and O–H groups in total. The number of unbranched alkanes of at least 4 members (excludes halogenated alkanes) is 1. The number of amides is 1. The molecule has 1 amide bonds. The zero-order chi connectivity index (χ0) is 23.6. The van der Waals surface area contributed by atoms with E-state index in [1.165, 1.54) is 11.3 Å². The summed E-state index contributed by atoms with van der Waals surface area (Å²) in [5, 5.41) is 4.44. The molecule has 0 radical (unpaired) electrons. The van der Waals surface area contributed by atoms with Crippen LogP contribution in [0.1, 0.15) is 48.1 Å². The first-order valence-electron chi connectivity index (χ1n) is 10.9. The summed E-state index contributed by atoms with van der Waals surface area (Å²) in [6.45, 7) is 4.53. The zero-order valence-electron chi connectivity index (χ0n) is 18.9. The number of sulfone groups is 1. The third kappa shape index (κ3) is 4.50. The van der Waals surface area contributed by atoms with Crippen LogP contribution in [0.2, 0.25) is 0 Å². The lowest BCUT2D eigenvalue weighted by molar-refractivity contribution is -0.116. The molecule has 174 valence electrons. The number of hydrogen-bond donors (Lipinski definition) is 1. The van der Waals surface area contributed by atoms with Crippen LogP contribution >= 0.6 is 11.3 Å². The number of aryl methyl sites for hydroxylation is 1. The molecule has 0 saturated heterocycles. The number of benzene rings is 2. The number of anilines is 1. The Hall–Kier alpha value is -2.84. The van der Waals surface area contributed by atoms with Crippen molar-refractivity contribution in [2.75, 3.05) is 19.0 Å². The summed E-state index contributed by atoms with van der Waals surface area (Å²) in [7, 11) is -2.20. The molecule has 3 aromatic rings. The molecule has 0 spiro atoms. The van der Waals surface area contributed by atoms with Gasteiger partial charge in [0.05, 0.1) is 24.3 Å². The van der Waals surface area contributed by atoms with Crippen molar-refractivity contribution >= 4 is 32.8 Å². The van der Waals surface area contributed by atoms with Crippen molar-refractivity contribution in [3.63, 3.8) is 0 Å². The van der Waals surface area contributed by atoms with Crippen LogP contribution in [0.25, 0.3) is 0 Å². The van der Waals surface area contributed by atoms with E-state index in [4.69, 9.17) is 9.47 Å². The lowest BCUT2D eigenvalue weighted by Gasteiger charge is -2.26. The van der Waals surface area contributed by atoms with E-state index in [2.05, 4.69) is 12.2 Å². The molecule has 1 atom stereocenters. The maximum Gasteiger partial charge on any atom is 0.225 e. The first-order valence-corrected chi connectivity index (χ1v) is 13.3. The average molecular weight is 486 g/mol. The summed E-state index contributed by atoms with van der Waals surface area (Å²) >= 11 is 1.34. The van der Waals surface area contributed by atoms with Gasteiger partial charge in [0.1, 0.15) is 4.90 Å². The molecule has 0 aliphatic carbocycles. The maximum absolute atomic E-state index is 13.4. The number of hydrogen-bond acceptors (Lipinski definition) is 6. The minimum atomic E-state index is -3.78. The molecular weight excluding hydrogens is 458 g/mol. The number of fused-ring (bicyclic) bond motifs is 1. The minimum Gasteiger partial charge on any atom is -0.493 e. The Bertz CT molecular complexity index is 1260. The first kappa shape index (κ1) is 23.3. The van der Waals surface area contributed by atoms with Gasteiger partial charge < -0.3 is 14.8 Å². The van der Waals surface area contributed by atoms with E-state index < -0.39 is 9.84 Å². The average Bonchev–Trinajstić information content (AvgIpc) is 3.23. The molecule has 33 heavy (non-hydrogen) atoms. The Morgan fingerprint density at radius 2 is 1.91 bits per heavy atom. The maximum atomic E-state index is 13.4. The normalized spacial score (nSPS) is 15.6. The van der Waals surface area contributed by atoms with E-state index in [-0.39, 0.29) is 28.0 Å². The number of thiophene rings is 1. The Labute approximate surface area is 198 Å². The summed E-state index contributed by atoms with van der Waals surface area (Å²) in [5.41, 5.74) is 2.16. The van der Waals surface area contributed by atoms with Crippen LogP contribution in [0, 0.1) is 6.92 Å². The predicted octanol–water partition coefficient (Wildman–Crippen LogP) is 5.55. The Balaban J connectivity index is 1.80. The number of nitrogens with one attached hydrogen (secondary N) is 1. The second-order valence-corrected chi connectivity index (χ2v) is 10.9. The van der Waals surface area contributed by atoms with Crippen molar-refractivity contribution in [2.24, 2.45) is 0 Å². The van der Waals surface area contributed by atoms with Crippen LogP contribution < -0.4 is 14.8 Å². The fourth-order valence-electron chi connectivity index (χ4n) is 3.94. The van der Waals surface area contributed by atoms with Crippen LogP contribution in [0.15, 0.2) is 57.6 Å². The number of carbonyl (C=O) groups excluding carboxylic acids is 1. The quantitative estimate of drug-likeness (QED) is 0.423. The zero-order valence-corrected chi connectivity index (χ0v) is 20.5. The van der Waals surface area contributed by atoms with Crippen molar-refractivity contribution in [2.45, 2.75) is 48.8 Å². The Morgan fingerprint density at radius 1 is 1.15 bits per heavy atom. The molecule has 0 bridgehead atoms. The summed E-state index contributed by atoms with van der Waals surface area (Å²) in [5.74, 6) is 0.650. The van der Waals surface area contributed by atoms with Gasteiger partial charge in [-0.3, -0.25) is 4.79 Å². The molecule has 1 aliphatic rings. The van der Waals surface area contributed by atoms with Gasteiger partial charge in [-0.15, -0.1) is 11.3 Å². The SMILES string of the molecule is CCCCOc1c(OC)cccc1C1CC(=O)Nc2c(S(=O)(=O)c3ccc(C)cc3)csc21. The van der Waals surface area contributed by atoms with Gasteiger partial charge in [0.25, 0.3) is 0 Å². The highest BCUT2D eigenvalue weighted by Crippen LogP contribution is 2.49. The van der Waals surface area contributed by atoms with Crippen LogP contribution in [0.5, 0.6) is 11.5 Å². The molecule has 2 aromatic carbocycles. The van der Waals surface area contributed by atoms with E-state index in [1.807, 2.05) is 25.1 Å². The van der Waals surface area contributed by atoms with E-state index in [1.54, 1.807) is 36.8 Å². The topological polar surface area (TPSA) is 81.7 Å². The number of carbonyl (C=O) groups is 1. The summed E-state index contributed by atoms with van der Waals surface area (Å²) in [6, 6.07) is 12.3. The van der Waals surface area contributed by atoms with Crippen molar-refractivity contribution in [3.05, 3.63) is 63.8 Å². The van der Waals surface area contributed by atoms with E-state index in [9.17, 15) is 13.2 Å². The smallest absolute Gasteiger partial charge is 0.225 e. The molecule has 6 nitrogen and oxygen atoms in total. The van der Waals surface area contributed by atoms with Crippen molar-refractivity contribution in [1.82, 2.24) is 0 Å². The molecule has 4 rings (SSSR count). The van der Waals surface area contributed by atoms with Gasteiger partial charge in [0, 0.05) is 28.2 Å². The third-order valence-electron chi connectivity index (χ3n) is 5.73. The van der Waals surface area contributed by atoms with Gasteiger partial charge in [-0.05, 0) is 31.5 Å². The van der Waals surface area contributed by atoms with Gasteiger partial charge in [-0.25, -0.2) is 8.42 Å². The predicted molar refractivity (Wildman–Crippen MR) is 129 cm³/mol. The monoisotopic (exact) mass is 485 g/mol. The number of methoxy groups -OCH3 is 1. The second kappa shape index (κ2) is 9.57. The summed E-state index contributed by atoms with van der Waals surface area (Å²) in [6.07, 6.45) is 2.09. The minimum absolute atomic E-state index is 0.126. The van der Waals surface area contributed by atoms with Gasteiger partial charge in [-0.1, -0.05) is 43.2 Å². The third-order valence-corrected chi connectivity index (χ3v) is 8.77. The number of para-hydroxylation sites is 1. The van der Waals surface area contributed by atoms with E-state index in [0.29, 0.717) is 23.8 Å². The fourth-order valence-corrected chi connectivity index (χ4v) is 6.84. The van der Waals surface area contributed by atoms with Crippen molar-refractivity contribution in [3.8, 4) is 11.5 Å². The van der Waals surface area contributed by atoms with E-state index in [0.717, 1.165) is 28.8 Å². The fraction of sp³-hybridized carbons (Fsp3) is 0.320. The van der Waals surface area contributed by atoms with Crippen LogP contribution in [-0.4, -0.2) is 28.0 Å². The molecular formula is C25H27NO5S2. The summed E-state index contributed by atoms with van der Waals surface area (Å²) in [4.78, 5) is 13.8. The second-order valence-electron chi connectivity index (χ2n) is 8.04. The Kier molecular flexibility index (Phi) is 6.76. The van der Waals surface area contributed by atoms with Crippen molar-refractivity contribution in [1.29, 1.82) is 0 Å². The van der Waals surface area contributed by atoms with Gasteiger partial charge in [-0.2, -0.15) is 0 Å². The molecule has 1 aromatic heterocycles. The van der Waals surface area contributed by atoms with E-state index >= 15 is 0 Å². The van der Waals surface area contributed by atoms with Crippen LogP contribution in [0.4, 0.5) is 5.69 Å². The standard InChI is InChI=1S/C25H27NO5S2/c1-4-5-13-31-24-18(7-6-8-20(24)30-3)19-14-22(27)26-23-21(15-32-25(19)23)33(28,29)17-11-9-16(2)10-12-17/h6-12,15,19H,4-5,13-14H2,1-3H3,(H,26,27). The summed E-state index contributed by atoms with van der Waals surface area (Å²) < 4.78 is 38.4. The van der Waals surface area contributed by atoms with Crippen LogP contribution in [-0.2, 0) is 14.6 Å². The molecule has 2 heterocycles. The Morgan fingerprint density at radius 3 is 2.61 bits per heavy atom. The van der Waals surface area contributed by atoms with Gasteiger partial charge in [0.15, 0.2) is 11.5 Å². The largest absolute Gasteiger partial charge is 0.493 e. The molecule has 0 fully saturated rings. The lowest BCUT2D eigenvalue weighted by Crippen LogP contribution is -2.24. The highest BCUT2D eigenvalue weighted by Gasteiger charge is 2.36. The van der Waals surface area contributed by atoms with Crippen molar-refractivity contribution < 1.29 is 22.7 Å². The lowest BCUT2D eigenvalue weighted by atomic mass is 9.89. The molecule has 0 saturated carbocycles. The highest BCUT2D eigenvalue weighted by atomic mass is 32.2. The molecule has 1 aliphatic heterocycles. The van der Waals surface area contributed by atoms with Gasteiger partial charge >= 0.3 is 0 Å². The van der Waals surface area contributed by atoms with Gasteiger partial charge in [0.2, 0.25) is 15.7 Å². The number of rotatable bonds is 8. The number of ether oxygens (including phenoxy) is 2. The molecule has 8 heteroatoms.